The minimum atomic E-state index is -0.413. The van der Waals surface area contributed by atoms with Crippen LogP contribution >= 0.6 is 11.8 Å². The number of hydrogen-bond donors (Lipinski definition) is 2. The highest BCUT2D eigenvalue weighted by Crippen LogP contribution is 2.00. The summed E-state index contributed by atoms with van der Waals surface area (Å²) in [5, 5.41) is 6.81. The van der Waals surface area contributed by atoms with E-state index in [1.807, 2.05) is 19.5 Å². The number of rotatable bonds is 6. The first-order chi connectivity index (χ1) is 7.63. The molecule has 1 amide bonds. The number of aryl methyl sites for hydroxylation is 1. The van der Waals surface area contributed by atoms with Gasteiger partial charge in [-0.05, 0) is 18.4 Å². The highest BCUT2D eigenvalue weighted by atomic mass is 32.2. The monoisotopic (exact) mass is 242 g/mol. The standard InChI is InChI=1S/C10H18N4OS/c1-14-7-8(6-13-14)5-12-10(15)9(11)3-4-16-2/h6-7,9H,3-5,11H2,1-2H3,(H,12,15)/t9-/m1/s1. The number of thioether (sulfide) groups is 1. The van der Waals surface area contributed by atoms with Crippen LogP contribution in [0.25, 0.3) is 0 Å². The summed E-state index contributed by atoms with van der Waals surface area (Å²) in [5.41, 5.74) is 6.71. The van der Waals surface area contributed by atoms with Gasteiger partial charge < -0.3 is 11.1 Å². The third-order valence-electron chi connectivity index (χ3n) is 2.19. The van der Waals surface area contributed by atoms with E-state index >= 15 is 0 Å². The molecular formula is C10H18N4OS. The van der Waals surface area contributed by atoms with Crippen molar-refractivity contribution in [3.05, 3.63) is 18.0 Å². The first kappa shape index (κ1) is 13.1. The van der Waals surface area contributed by atoms with Gasteiger partial charge in [0.25, 0.3) is 0 Å². The van der Waals surface area contributed by atoms with Crippen molar-refractivity contribution in [1.29, 1.82) is 0 Å². The lowest BCUT2D eigenvalue weighted by atomic mass is 10.2. The second-order valence-corrected chi connectivity index (χ2v) is 4.61. The molecule has 1 atom stereocenters. The quantitative estimate of drug-likeness (QED) is 0.743. The Morgan fingerprint density at radius 2 is 2.50 bits per heavy atom. The Hall–Kier alpha value is -1.01. The number of nitrogens with zero attached hydrogens (tertiary/aromatic N) is 2. The van der Waals surface area contributed by atoms with E-state index in [4.69, 9.17) is 5.73 Å². The summed E-state index contributed by atoms with van der Waals surface area (Å²) in [4.78, 5) is 11.6. The smallest absolute Gasteiger partial charge is 0.237 e. The van der Waals surface area contributed by atoms with E-state index in [0.717, 1.165) is 11.3 Å². The Labute approximate surface area is 99.8 Å². The Morgan fingerprint density at radius 3 is 3.06 bits per heavy atom. The third kappa shape index (κ3) is 4.24. The predicted octanol–water partition coefficient (Wildman–Crippen LogP) is 0.117. The van der Waals surface area contributed by atoms with Gasteiger partial charge in [0.15, 0.2) is 0 Å². The van der Waals surface area contributed by atoms with Gasteiger partial charge >= 0.3 is 0 Å². The number of carbonyl (C=O) groups excluding carboxylic acids is 1. The van der Waals surface area contributed by atoms with E-state index < -0.39 is 6.04 Å². The van der Waals surface area contributed by atoms with Crippen molar-refractivity contribution in [1.82, 2.24) is 15.1 Å². The maximum absolute atomic E-state index is 11.6. The molecule has 0 bridgehead atoms. The molecule has 90 valence electrons. The molecule has 0 aliphatic heterocycles. The number of nitrogens with two attached hydrogens (primary N) is 1. The van der Waals surface area contributed by atoms with Crippen molar-refractivity contribution in [2.24, 2.45) is 12.8 Å². The number of carbonyl (C=O) groups is 1. The van der Waals surface area contributed by atoms with Gasteiger partial charge in [-0.15, -0.1) is 0 Å². The van der Waals surface area contributed by atoms with Gasteiger partial charge in [0.05, 0.1) is 12.2 Å². The predicted molar refractivity (Wildman–Crippen MR) is 66.0 cm³/mol. The average Bonchev–Trinajstić information content (AvgIpc) is 2.68. The molecule has 3 N–H and O–H groups in total. The van der Waals surface area contributed by atoms with E-state index in [1.165, 1.54) is 0 Å². The molecule has 0 aromatic carbocycles. The van der Waals surface area contributed by atoms with Crippen LogP contribution in [-0.2, 0) is 18.4 Å². The van der Waals surface area contributed by atoms with E-state index in [1.54, 1.807) is 22.6 Å². The molecule has 6 heteroatoms. The number of hydrogen-bond acceptors (Lipinski definition) is 4. The van der Waals surface area contributed by atoms with Crippen molar-refractivity contribution in [2.45, 2.75) is 19.0 Å². The van der Waals surface area contributed by atoms with Crippen LogP contribution in [0.15, 0.2) is 12.4 Å². The Kier molecular flexibility index (Phi) is 5.34. The van der Waals surface area contributed by atoms with Crippen LogP contribution in [0.2, 0.25) is 0 Å². The van der Waals surface area contributed by atoms with E-state index in [2.05, 4.69) is 10.4 Å². The Balaban J connectivity index is 2.29. The van der Waals surface area contributed by atoms with Crippen LogP contribution in [0.5, 0.6) is 0 Å². The van der Waals surface area contributed by atoms with Crippen LogP contribution in [0.1, 0.15) is 12.0 Å². The zero-order chi connectivity index (χ0) is 12.0. The molecule has 0 fully saturated rings. The molecule has 1 aromatic heterocycles. The normalized spacial score (nSPS) is 12.4. The lowest BCUT2D eigenvalue weighted by molar-refractivity contribution is -0.122. The first-order valence-electron chi connectivity index (χ1n) is 5.13. The van der Waals surface area contributed by atoms with Crippen molar-refractivity contribution >= 4 is 17.7 Å². The summed E-state index contributed by atoms with van der Waals surface area (Å²) >= 11 is 1.69. The van der Waals surface area contributed by atoms with E-state index in [0.29, 0.717) is 13.0 Å². The van der Waals surface area contributed by atoms with Crippen LogP contribution in [0.4, 0.5) is 0 Å². The molecule has 0 aliphatic carbocycles. The molecule has 1 heterocycles. The van der Waals surface area contributed by atoms with Gasteiger partial charge in [-0.25, -0.2) is 0 Å². The number of nitrogens with one attached hydrogen (secondary N) is 1. The van der Waals surface area contributed by atoms with Crippen LogP contribution < -0.4 is 11.1 Å². The second kappa shape index (κ2) is 6.55. The molecule has 5 nitrogen and oxygen atoms in total. The molecule has 0 unspecified atom stereocenters. The Morgan fingerprint density at radius 1 is 1.75 bits per heavy atom. The number of aromatic nitrogens is 2. The molecule has 0 saturated carbocycles. The SMILES string of the molecule is CSCC[C@@H](N)C(=O)NCc1cnn(C)c1. The summed E-state index contributed by atoms with van der Waals surface area (Å²) in [6.45, 7) is 0.486. The van der Waals surface area contributed by atoms with Crippen molar-refractivity contribution in [3.8, 4) is 0 Å². The largest absolute Gasteiger partial charge is 0.351 e. The van der Waals surface area contributed by atoms with Gasteiger partial charge in [-0.2, -0.15) is 16.9 Å². The van der Waals surface area contributed by atoms with Crippen molar-refractivity contribution in [3.63, 3.8) is 0 Å². The van der Waals surface area contributed by atoms with Gasteiger partial charge in [-0.3, -0.25) is 9.48 Å². The fourth-order valence-corrected chi connectivity index (χ4v) is 1.75. The molecule has 16 heavy (non-hydrogen) atoms. The number of amides is 1. The van der Waals surface area contributed by atoms with Crippen LogP contribution in [0.3, 0.4) is 0 Å². The fourth-order valence-electron chi connectivity index (χ4n) is 1.26. The van der Waals surface area contributed by atoms with Crippen molar-refractivity contribution in [2.75, 3.05) is 12.0 Å². The summed E-state index contributed by atoms with van der Waals surface area (Å²) in [7, 11) is 1.84. The minimum absolute atomic E-state index is 0.0992. The van der Waals surface area contributed by atoms with Gasteiger partial charge in [0, 0.05) is 25.4 Å². The topological polar surface area (TPSA) is 72.9 Å². The summed E-state index contributed by atoms with van der Waals surface area (Å²) in [6.07, 6.45) is 6.31. The van der Waals surface area contributed by atoms with E-state index in [9.17, 15) is 4.79 Å². The van der Waals surface area contributed by atoms with Crippen LogP contribution in [-0.4, -0.2) is 33.7 Å². The maximum Gasteiger partial charge on any atom is 0.237 e. The molecule has 0 spiro atoms. The summed E-state index contributed by atoms with van der Waals surface area (Å²) in [6, 6.07) is -0.413. The minimum Gasteiger partial charge on any atom is -0.351 e. The van der Waals surface area contributed by atoms with E-state index in [-0.39, 0.29) is 5.91 Å². The lowest BCUT2D eigenvalue weighted by Gasteiger charge is -2.10. The summed E-state index contributed by atoms with van der Waals surface area (Å²) < 4.78 is 1.70. The highest BCUT2D eigenvalue weighted by Gasteiger charge is 2.12. The lowest BCUT2D eigenvalue weighted by Crippen LogP contribution is -2.40. The zero-order valence-electron chi connectivity index (χ0n) is 9.64. The van der Waals surface area contributed by atoms with Crippen LogP contribution in [0, 0.1) is 0 Å². The highest BCUT2D eigenvalue weighted by molar-refractivity contribution is 7.98. The first-order valence-corrected chi connectivity index (χ1v) is 6.52. The molecule has 0 aliphatic rings. The maximum atomic E-state index is 11.6. The van der Waals surface area contributed by atoms with Gasteiger partial charge in [0.2, 0.25) is 5.91 Å². The summed E-state index contributed by atoms with van der Waals surface area (Å²) in [5.74, 6) is 0.805. The second-order valence-electron chi connectivity index (χ2n) is 3.63. The average molecular weight is 242 g/mol. The molecule has 1 aromatic rings. The van der Waals surface area contributed by atoms with Gasteiger partial charge in [-0.1, -0.05) is 0 Å². The van der Waals surface area contributed by atoms with Gasteiger partial charge in [0.1, 0.15) is 0 Å². The molecule has 1 rings (SSSR count). The molecule has 0 saturated heterocycles. The molecular weight excluding hydrogens is 224 g/mol. The zero-order valence-corrected chi connectivity index (χ0v) is 10.5. The Bertz CT molecular complexity index is 339. The third-order valence-corrected chi connectivity index (χ3v) is 2.84. The van der Waals surface area contributed by atoms with Crippen molar-refractivity contribution < 1.29 is 4.79 Å². The molecule has 0 radical (unpaired) electrons. The fraction of sp³-hybridized carbons (Fsp3) is 0.600.